The van der Waals surface area contributed by atoms with Gasteiger partial charge in [0.2, 0.25) is 0 Å². The number of para-hydroxylation sites is 1. The van der Waals surface area contributed by atoms with E-state index >= 15 is 0 Å². The summed E-state index contributed by atoms with van der Waals surface area (Å²) in [6.45, 7) is 11.8. The van der Waals surface area contributed by atoms with E-state index < -0.39 is 0 Å². The number of rotatable bonds is 4. The Balaban J connectivity index is 1.56. The number of piperidine rings is 1. The molecule has 4 nitrogen and oxygen atoms in total. The molecule has 2 aliphatic heterocycles. The average molecular weight is 446 g/mol. The molecule has 0 aromatic heterocycles. The van der Waals surface area contributed by atoms with Gasteiger partial charge in [0.1, 0.15) is 6.10 Å². The van der Waals surface area contributed by atoms with E-state index in [1.165, 1.54) is 30.5 Å². The van der Waals surface area contributed by atoms with Gasteiger partial charge in [0.15, 0.2) is 0 Å². The molecule has 176 valence electrons. The molecule has 2 heterocycles. The fourth-order valence-corrected chi connectivity index (χ4v) is 6.65. The van der Waals surface area contributed by atoms with Crippen LogP contribution in [0, 0.1) is 5.41 Å². The second kappa shape index (κ2) is 8.25. The van der Waals surface area contributed by atoms with Crippen LogP contribution in [-0.2, 0) is 4.84 Å². The van der Waals surface area contributed by atoms with E-state index in [9.17, 15) is 0 Å². The maximum atomic E-state index is 7.10. The second-order valence-electron chi connectivity index (χ2n) is 11.7. The molecule has 0 spiro atoms. The van der Waals surface area contributed by atoms with E-state index in [2.05, 4.69) is 105 Å². The van der Waals surface area contributed by atoms with Crippen LogP contribution < -0.4 is 5.01 Å². The molecule has 3 atom stereocenters. The highest BCUT2D eigenvalue weighted by Gasteiger charge is 2.56. The zero-order valence-electron chi connectivity index (χ0n) is 20.9. The van der Waals surface area contributed by atoms with Gasteiger partial charge in [-0.15, -0.1) is 0 Å². The average Bonchev–Trinajstić information content (AvgIpc) is 3.11. The lowest BCUT2D eigenvalue weighted by molar-refractivity contribution is -0.313. The molecule has 0 radical (unpaired) electrons. The van der Waals surface area contributed by atoms with Crippen molar-refractivity contribution in [2.45, 2.75) is 96.4 Å². The van der Waals surface area contributed by atoms with Gasteiger partial charge in [-0.25, -0.2) is 0 Å². The Hall–Kier alpha value is -2.17. The van der Waals surface area contributed by atoms with Crippen molar-refractivity contribution in [1.82, 2.24) is 5.06 Å². The van der Waals surface area contributed by atoms with E-state index in [0.717, 1.165) is 24.9 Å². The maximum Gasteiger partial charge on any atom is 0.103 e. The first-order chi connectivity index (χ1) is 15.7. The molecule has 1 aliphatic carbocycles. The Morgan fingerprint density at radius 2 is 1.39 bits per heavy atom. The zero-order chi connectivity index (χ0) is 23.3. The van der Waals surface area contributed by atoms with E-state index in [4.69, 9.17) is 9.94 Å². The normalized spacial score (nSPS) is 31.2. The van der Waals surface area contributed by atoms with Crippen LogP contribution >= 0.6 is 0 Å². The molecular formula is C29H39N3O. The lowest BCUT2D eigenvalue weighted by Crippen LogP contribution is -2.63. The molecule has 0 amide bonds. The predicted octanol–water partition coefficient (Wildman–Crippen LogP) is 6.81. The summed E-state index contributed by atoms with van der Waals surface area (Å²) in [6, 6.07) is 21.6. The second-order valence-corrected chi connectivity index (χ2v) is 11.7. The van der Waals surface area contributed by atoms with Crippen molar-refractivity contribution in [3.8, 4) is 0 Å². The van der Waals surface area contributed by atoms with Crippen LogP contribution in [0.15, 0.2) is 65.8 Å². The van der Waals surface area contributed by atoms with E-state index in [-0.39, 0.29) is 28.6 Å². The summed E-state index contributed by atoms with van der Waals surface area (Å²) in [5.74, 6) is 0. The highest BCUT2D eigenvalue weighted by Crippen LogP contribution is 2.50. The minimum atomic E-state index is -0.0653. The fourth-order valence-electron chi connectivity index (χ4n) is 6.65. The van der Waals surface area contributed by atoms with Crippen molar-refractivity contribution in [1.29, 1.82) is 0 Å². The van der Waals surface area contributed by atoms with Crippen molar-refractivity contribution >= 4 is 11.4 Å². The van der Waals surface area contributed by atoms with Crippen LogP contribution in [-0.4, -0.2) is 34.0 Å². The van der Waals surface area contributed by atoms with Crippen LogP contribution in [0.4, 0.5) is 5.69 Å². The van der Waals surface area contributed by atoms with E-state index in [1.807, 2.05) is 0 Å². The van der Waals surface area contributed by atoms with Crippen LogP contribution in [0.3, 0.4) is 0 Å². The molecule has 33 heavy (non-hydrogen) atoms. The largest absolute Gasteiger partial charge is 0.292 e. The molecule has 2 aromatic carbocycles. The number of nitrogens with zero attached hydrogens (tertiary/aromatic N) is 3. The number of hydrazone groups is 1. The summed E-state index contributed by atoms with van der Waals surface area (Å²) in [5, 5.41) is 9.94. The minimum Gasteiger partial charge on any atom is -0.292 e. The quantitative estimate of drug-likeness (QED) is 0.517. The minimum absolute atomic E-state index is 0.0227. The van der Waals surface area contributed by atoms with Crippen molar-refractivity contribution in [2.24, 2.45) is 10.5 Å². The lowest BCUT2D eigenvalue weighted by atomic mass is 9.66. The molecule has 1 saturated heterocycles. The van der Waals surface area contributed by atoms with Crippen LogP contribution in [0.1, 0.15) is 78.7 Å². The number of benzene rings is 2. The van der Waals surface area contributed by atoms with E-state index in [0.29, 0.717) is 0 Å². The Morgan fingerprint density at radius 3 is 2.03 bits per heavy atom. The Labute approximate surface area is 199 Å². The maximum absolute atomic E-state index is 7.10. The topological polar surface area (TPSA) is 28.1 Å². The van der Waals surface area contributed by atoms with Gasteiger partial charge in [0, 0.05) is 16.5 Å². The Bertz CT molecular complexity index is 984. The van der Waals surface area contributed by atoms with Gasteiger partial charge in [0.25, 0.3) is 0 Å². The van der Waals surface area contributed by atoms with Crippen LogP contribution in [0.2, 0.25) is 0 Å². The third-order valence-corrected chi connectivity index (χ3v) is 8.19. The molecule has 4 heteroatoms. The first-order valence-corrected chi connectivity index (χ1v) is 12.7. The Morgan fingerprint density at radius 1 is 0.788 bits per heavy atom. The molecule has 1 saturated carbocycles. The molecule has 3 aliphatic rings. The molecular weight excluding hydrogens is 406 g/mol. The lowest BCUT2D eigenvalue weighted by Gasteiger charge is -2.54. The van der Waals surface area contributed by atoms with Crippen molar-refractivity contribution in [3.63, 3.8) is 0 Å². The SMILES string of the molecule is CC1(C)CCCC(C)(C)N1O[C@H]1CCC[C@]2(C)C(c3ccccc3)=NN(c3ccccc3)[C@H]12. The predicted molar refractivity (Wildman–Crippen MR) is 136 cm³/mol. The third kappa shape index (κ3) is 3.91. The zero-order valence-corrected chi connectivity index (χ0v) is 20.9. The molecule has 2 fully saturated rings. The van der Waals surface area contributed by atoms with Crippen molar-refractivity contribution in [3.05, 3.63) is 66.2 Å². The third-order valence-electron chi connectivity index (χ3n) is 8.19. The standard InChI is InChI=1S/C29H39N3O/c1-27(2)19-13-20-28(3,4)32(27)33-24-18-12-21-29(5)25(22-14-8-6-9-15-22)30-31(26(24)29)23-16-10-7-11-17-23/h6-11,14-17,24,26H,12-13,18-21H2,1-5H3/t24-,26+,29+/m0/s1. The first kappa shape index (κ1) is 22.6. The number of hydrogen-bond donors (Lipinski definition) is 0. The molecule has 0 bridgehead atoms. The highest BCUT2D eigenvalue weighted by molar-refractivity contribution is 6.07. The van der Waals surface area contributed by atoms with Crippen LogP contribution in [0.25, 0.3) is 0 Å². The summed E-state index contributed by atoms with van der Waals surface area (Å²) in [4.78, 5) is 7.10. The number of hydrogen-bond acceptors (Lipinski definition) is 4. The summed E-state index contributed by atoms with van der Waals surface area (Å²) in [5.41, 5.74) is 3.55. The van der Waals surface area contributed by atoms with Crippen LogP contribution in [0.5, 0.6) is 0 Å². The Kier molecular flexibility index (Phi) is 5.65. The van der Waals surface area contributed by atoms with Gasteiger partial charge < -0.3 is 0 Å². The highest BCUT2D eigenvalue weighted by atomic mass is 16.7. The monoisotopic (exact) mass is 445 g/mol. The summed E-state index contributed by atoms with van der Waals surface area (Å²) < 4.78 is 0. The molecule has 5 rings (SSSR count). The van der Waals surface area contributed by atoms with Gasteiger partial charge in [-0.2, -0.15) is 10.2 Å². The van der Waals surface area contributed by atoms with Crippen molar-refractivity contribution in [2.75, 3.05) is 5.01 Å². The van der Waals surface area contributed by atoms with Gasteiger partial charge in [-0.3, -0.25) is 9.85 Å². The first-order valence-electron chi connectivity index (χ1n) is 12.7. The number of hydroxylamine groups is 2. The number of fused-ring (bicyclic) bond motifs is 1. The van der Waals surface area contributed by atoms with Gasteiger partial charge in [-0.1, -0.05) is 55.5 Å². The molecule has 2 aromatic rings. The molecule has 0 N–H and O–H groups in total. The summed E-state index contributed by atoms with van der Waals surface area (Å²) >= 11 is 0. The van der Waals surface area contributed by atoms with Crippen molar-refractivity contribution < 1.29 is 4.84 Å². The molecule has 0 unspecified atom stereocenters. The van der Waals surface area contributed by atoms with Gasteiger partial charge >= 0.3 is 0 Å². The van der Waals surface area contributed by atoms with Gasteiger partial charge in [0.05, 0.1) is 17.4 Å². The smallest absolute Gasteiger partial charge is 0.103 e. The van der Waals surface area contributed by atoms with E-state index in [1.54, 1.807) is 0 Å². The number of anilines is 1. The van der Waals surface area contributed by atoms with Gasteiger partial charge in [-0.05, 0) is 83.9 Å². The summed E-state index contributed by atoms with van der Waals surface area (Å²) in [7, 11) is 0. The summed E-state index contributed by atoms with van der Waals surface area (Å²) in [6.07, 6.45) is 7.01. The fraction of sp³-hybridized carbons (Fsp3) is 0.552.